The molecule has 0 aromatic heterocycles. The third kappa shape index (κ3) is 46.4. The molecule has 0 spiro atoms. The topological polar surface area (TPSA) is 313 Å². The molecule has 7 heterocycles. The van der Waals surface area contributed by atoms with E-state index in [9.17, 15) is 50.2 Å². The number of ketones is 1. The maximum atomic E-state index is 12.5. The Morgan fingerprint density at radius 3 is 1.29 bits per heavy atom. The monoisotopic (exact) mass is 1710 g/mol. The smallest absolute Gasteiger partial charge is 1.00 e. The van der Waals surface area contributed by atoms with Crippen molar-refractivity contribution in [2.75, 3.05) is 66.7 Å². The van der Waals surface area contributed by atoms with Crippen molar-refractivity contribution in [3.8, 4) is 0 Å². The van der Waals surface area contributed by atoms with Gasteiger partial charge >= 0.3 is 102 Å². The average molecular weight is 1720 g/mol. The molecule has 7 fully saturated rings. The number of carbonyl (C=O) groups excluding carboxylic acids is 6. The van der Waals surface area contributed by atoms with Crippen LogP contribution < -0.4 is 60.8 Å². The fraction of sp³-hybridized carbons (Fsp3) is 0.526. The Labute approximate surface area is 733 Å². The van der Waals surface area contributed by atoms with Crippen molar-refractivity contribution in [2.45, 2.75) is 193 Å². The fourth-order valence-electron chi connectivity index (χ4n) is 12.0. The summed E-state index contributed by atoms with van der Waals surface area (Å²) in [5.41, 5.74) is 4.38. The third-order valence-corrected chi connectivity index (χ3v) is 21.1. The Kier molecular flexibility index (Phi) is 61.8. The summed E-state index contributed by atoms with van der Waals surface area (Å²) in [6.07, 6.45) is 17.8. The number of fused-ring (bicyclic) bond motifs is 1. The molecule has 0 aliphatic carbocycles. The predicted molar refractivity (Wildman–Crippen MR) is 431 cm³/mol. The van der Waals surface area contributed by atoms with E-state index in [0.29, 0.717) is 58.3 Å². The fourth-order valence-corrected chi connectivity index (χ4v) is 14.4. The van der Waals surface area contributed by atoms with Gasteiger partial charge in [0.2, 0.25) is 5.78 Å². The molecule has 6 atom stereocenters. The van der Waals surface area contributed by atoms with Crippen LogP contribution in [0.2, 0.25) is 0 Å². The van der Waals surface area contributed by atoms with Gasteiger partial charge in [0.05, 0.1) is 33.5 Å². The van der Waals surface area contributed by atoms with Crippen molar-refractivity contribution in [1.29, 1.82) is 0 Å². The summed E-state index contributed by atoms with van der Waals surface area (Å²) < 4.78 is 88.8. The molecule has 0 bridgehead atoms. The van der Waals surface area contributed by atoms with E-state index in [-0.39, 0.29) is 121 Å². The van der Waals surface area contributed by atoms with Crippen LogP contribution in [0.5, 0.6) is 0 Å². The Hall–Kier alpha value is -3.70. The van der Waals surface area contributed by atoms with Gasteiger partial charge in [0, 0.05) is 83.2 Å². The molecule has 0 radical (unpaired) electrons. The van der Waals surface area contributed by atoms with Gasteiger partial charge in [-0.05, 0) is 156 Å². The quantitative estimate of drug-likeness (QED) is 0.0338. The first kappa shape index (κ1) is 112. The summed E-state index contributed by atoms with van der Waals surface area (Å²) in [5.74, 6) is -1.34. The predicted octanol–water partition coefficient (Wildman–Crippen LogP) is 2.39. The molecule has 612 valence electrons. The number of Topliss-reactive ketones (excluding diaryl/α,β-unsaturated/α-hetero) is 1. The molecule has 3 N–H and O–H groups in total. The van der Waals surface area contributed by atoms with E-state index in [1.165, 1.54) is 72.7 Å². The number of nitrogens with one attached hydrogen (secondary N) is 2. The maximum absolute atomic E-state index is 12.5. The molecule has 34 heteroatoms. The SMILES string of the molecule is CCC(C)(C)C(=O)C(=O)N1CCC[C@@H]1Cc1ccccc1.CC[C-](C)C.COC(=O)C(=O)Cl.COC(=O)C(=O)N1CCC[C@@H]1Cc1ccccc1.Cl.O=S(=O)(Cl)Cl.O=S(=O)([O-])N1CCC[C@@H]1Cc1ccccc1.O=S1(=O)OC[C@H]2CCCN21.OC[C@H]1CCCN1.[Cl-].[Li+].[Li+].[Mg+2].[c-]1ccccc1.c1ccc(C[C@H]2CCCN2)cc1. The number of ether oxygens (including phenoxy) is 2. The standard InChI is InChI=1S/C18H25NO2.C14H17NO3.C11H15NO3S.C11H15N.C6H5.C5H9NO3S.C5H11NO.C5H11.C3H3ClO3.Cl2O2S.2ClH.2Li.Mg/c1-4-18(2,3)16(20)17(21)19-12-8-11-15(19)13-14-9-6-5-7-10-14;1-18-14(17)13(16)15-9-5-8-12(15)10-11-6-3-2-4-7-11;13-16(14,15)12-8-4-7-11(12)9-10-5-2-1-3-6-10;1-2-5-10(6-3-1)9-11-7-4-8-12-11;1-2-4-6-5-3-1;7-10(8)6-3-1-2-5(6)4-9-10;7-4-5-2-1-3-6-5;1-4-5(2)3;1-7-3(6)2(4)5;1-5(2,3)4;;;;;/h5-7,9-10,15H,4,8,11-13H2,1-3H3;2-4,6-7,12H,5,8-10H2,1H3;1-3,5-6,11H,4,7-9H2,(H,13,14,15);1-3,5-6,11-12H,4,7-9H2;1-5H;5H,1-4H2;5-7H,1-4H2;4H2,1-3H3;1H3;;2*1H;;;/q;;;;-1;;;-1;;;;;2*+1;+2/p-2/t15-;12-;2*11-;;2*5-;;;;;;;;/m1111.11......../s1. The Bertz CT molecular complexity index is 3700. The number of rotatable bonds is 15. The molecular formula is C78H111Cl5Li2MgN6O17S3. The van der Waals surface area contributed by atoms with Gasteiger partial charge in [-0.2, -0.15) is 77.8 Å². The number of likely N-dealkylation sites (tertiary alicyclic amines) is 2. The minimum Gasteiger partial charge on any atom is -1.00 e. The van der Waals surface area contributed by atoms with E-state index in [2.05, 4.69) is 127 Å². The number of hydrogen-bond donors (Lipinski definition) is 3. The van der Waals surface area contributed by atoms with Crippen LogP contribution in [0.3, 0.4) is 0 Å². The van der Waals surface area contributed by atoms with Crippen molar-refractivity contribution in [1.82, 2.24) is 29.0 Å². The van der Waals surface area contributed by atoms with Gasteiger partial charge in [-0.25, -0.2) is 22.3 Å². The number of nitrogens with zero attached hydrogens (tertiary/aromatic N) is 4. The van der Waals surface area contributed by atoms with E-state index in [1.807, 2.05) is 130 Å². The Morgan fingerprint density at radius 2 is 0.973 bits per heavy atom. The molecule has 7 saturated heterocycles. The van der Waals surface area contributed by atoms with E-state index >= 15 is 0 Å². The maximum Gasteiger partial charge on any atom is 2.00 e. The van der Waals surface area contributed by atoms with E-state index in [1.54, 1.807) is 9.80 Å². The van der Waals surface area contributed by atoms with Crippen LogP contribution in [0.25, 0.3) is 0 Å². The van der Waals surface area contributed by atoms with Gasteiger partial charge in [-0.3, -0.25) is 23.4 Å². The Morgan fingerprint density at radius 1 is 0.598 bits per heavy atom. The van der Waals surface area contributed by atoms with Crippen molar-refractivity contribution >= 4 is 132 Å². The number of aliphatic hydroxyl groups excluding tert-OH is 1. The molecule has 5 aromatic carbocycles. The van der Waals surface area contributed by atoms with Crippen molar-refractivity contribution in [3.63, 3.8) is 0 Å². The number of carbonyl (C=O) groups is 6. The van der Waals surface area contributed by atoms with Gasteiger partial charge in [-0.15, -0.1) is 12.4 Å². The second-order valence-corrected chi connectivity index (χ2v) is 33.9. The molecule has 23 nitrogen and oxygen atoms in total. The summed E-state index contributed by atoms with van der Waals surface area (Å²) in [6, 6.07) is 54.5. The molecule has 12 rings (SSSR count). The van der Waals surface area contributed by atoms with Crippen LogP contribution in [0.1, 0.15) is 154 Å². The molecule has 2 amide bonds. The molecule has 5 aromatic rings. The largest absolute Gasteiger partial charge is 2.00 e. The first-order valence-electron chi connectivity index (χ1n) is 36.3. The normalized spacial score (nSPS) is 19.4. The second-order valence-electron chi connectivity index (χ2n) is 27.0. The number of esters is 2. The van der Waals surface area contributed by atoms with Gasteiger partial charge in [-0.1, -0.05) is 149 Å². The van der Waals surface area contributed by atoms with Crippen molar-refractivity contribution < 1.29 is 127 Å². The first-order valence-corrected chi connectivity index (χ1v) is 42.5. The number of halogens is 5. The number of aliphatic hydroxyl groups is 1. The van der Waals surface area contributed by atoms with Gasteiger partial charge in [0.25, 0.3) is 5.91 Å². The average Bonchev–Trinajstić information content (AvgIpc) is 1.65. The van der Waals surface area contributed by atoms with Crippen LogP contribution in [-0.4, -0.2) is 214 Å². The van der Waals surface area contributed by atoms with E-state index in [4.69, 9.17) is 13.5 Å². The zero-order chi connectivity index (χ0) is 79.4. The van der Waals surface area contributed by atoms with E-state index in [0.717, 1.165) is 100 Å². The summed E-state index contributed by atoms with van der Waals surface area (Å²) in [4.78, 5) is 70.9. The minimum atomic E-state index is -4.29. The van der Waals surface area contributed by atoms with Gasteiger partial charge < -0.3 is 57.9 Å². The molecule has 7 aliphatic rings. The summed E-state index contributed by atoms with van der Waals surface area (Å²) in [5, 5.41) is 14.1. The number of benzene rings is 5. The van der Waals surface area contributed by atoms with Crippen LogP contribution in [0, 0.1) is 17.4 Å². The van der Waals surface area contributed by atoms with Crippen molar-refractivity contribution in [3.05, 3.63) is 186 Å². The minimum absolute atomic E-state index is 0. The molecule has 0 saturated carbocycles. The second kappa shape index (κ2) is 61.6. The zero-order valence-corrected chi connectivity index (χ0v) is 74.1. The van der Waals surface area contributed by atoms with Gasteiger partial charge in [0.1, 0.15) is 0 Å². The van der Waals surface area contributed by atoms with Crippen LogP contribution >= 0.6 is 45.4 Å². The number of hydrogen-bond acceptors (Lipinski definition) is 19. The number of amides is 2. The molecular weight excluding hydrogens is 1600 g/mol. The summed E-state index contributed by atoms with van der Waals surface area (Å²) in [7, 11) is -0.441. The third-order valence-electron chi connectivity index (χ3n) is 18.4. The molecule has 7 aliphatic heterocycles. The summed E-state index contributed by atoms with van der Waals surface area (Å²) >= 11 is 4.61. The van der Waals surface area contributed by atoms with Crippen molar-refractivity contribution in [2.24, 2.45) is 5.41 Å². The first-order chi connectivity index (χ1) is 50.8. The van der Waals surface area contributed by atoms with E-state index < -0.39 is 57.4 Å². The summed E-state index contributed by atoms with van der Waals surface area (Å²) in [6.45, 7) is 17.4. The molecule has 0 unspecified atom stereocenters. The van der Waals surface area contributed by atoms with Crippen LogP contribution in [-0.2, 0) is 97.0 Å². The van der Waals surface area contributed by atoms with Crippen LogP contribution in [0.4, 0.5) is 0 Å². The number of methoxy groups -OCH3 is 2. The van der Waals surface area contributed by atoms with Gasteiger partial charge in [0.15, 0.2) is 10.3 Å². The molecule has 112 heavy (non-hydrogen) atoms. The zero-order valence-electron chi connectivity index (χ0n) is 66.4. The van der Waals surface area contributed by atoms with Crippen LogP contribution in [0.15, 0.2) is 152 Å². The Balaban J connectivity index is -0.00000121.